The maximum atomic E-state index is 14.3. The van der Waals surface area contributed by atoms with E-state index >= 15 is 0 Å². The molecule has 0 aromatic carbocycles. The lowest BCUT2D eigenvalue weighted by molar-refractivity contribution is -0.121. The number of halogens is 2. The van der Waals surface area contributed by atoms with Crippen LogP contribution >= 0.6 is 11.6 Å². The molecular formula is C20H23ClFN7O2. The second kappa shape index (κ2) is 9.54. The first kappa shape index (κ1) is 21.4. The fourth-order valence-corrected chi connectivity index (χ4v) is 3.50. The standard InChI is InChI=1S/C20H23ClFN7O2/c1-12(20(30)23-2-3-29-4-6-31-7-5-29)27-19-16(22)11-26-18(28-19)15-10-25-17-14(15)8-13(21)9-24-17/h8-12H,2-7H2,1H3,(H,23,30)(H,24,25)(H,26,27,28)/t12-/m0/s1. The number of carbonyl (C=O) groups is 1. The number of H-pyrrole nitrogens is 1. The highest BCUT2D eigenvalue weighted by Gasteiger charge is 2.18. The van der Waals surface area contributed by atoms with Gasteiger partial charge in [-0.05, 0) is 13.0 Å². The molecule has 164 valence electrons. The first-order valence-electron chi connectivity index (χ1n) is 10.0. The highest BCUT2D eigenvalue weighted by Crippen LogP contribution is 2.28. The molecule has 0 unspecified atom stereocenters. The minimum Gasteiger partial charge on any atom is -0.379 e. The molecule has 0 bridgehead atoms. The molecule has 0 spiro atoms. The summed E-state index contributed by atoms with van der Waals surface area (Å²) in [6.07, 6.45) is 4.29. The van der Waals surface area contributed by atoms with E-state index < -0.39 is 11.9 Å². The van der Waals surface area contributed by atoms with Crippen LogP contribution in [0.1, 0.15) is 6.92 Å². The van der Waals surface area contributed by atoms with E-state index in [1.807, 2.05) is 0 Å². The second-order valence-corrected chi connectivity index (χ2v) is 7.69. The monoisotopic (exact) mass is 447 g/mol. The number of aromatic amines is 1. The molecule has 0 aliphatic carbocycles. The van der Waals surface area contributed by atoms with Gasteiger partial charge in [-0.25, -0.2) is 19.3 Å². The van der Waals surface area contributed by atoms with Gasteiger partial charge in [-0.1, -0.05) is 11.6 Å². The molecule has 31 heavy (non-hydrogen) atoms. The van der Waals surface area contributed by atoms with Gasteiger partial charge in [0.15, 0.2) is 17.5 Å². The second-order valence-electron chi connectivity index (χ2n) is 7.25. The normalized spacial score (nSPS) is 15.7. The molecule has 1 saturated heterocycles. The van der Waals surface area contributed by atoms with Crippen LogP contribution in [0.25, 0.3) is 22.4 Å². The van der Waals surface area contributed by atoms with Crippen molar-refractivity contribution in [3.63, 3.8) is 0 Å². The molecule has 1 fully saturated rings. The fourth-order valence-electron chi connectivity index (χ4n) is 3.35. The summed E-state index contributed by atoms with van der Waals surface area (Å²) in [5.41, 5.74) is 1.26. The molecule has 1 amide bonds. The highest BCUT2D eigenvalue weighted by atomic mass is 35.5. The molecular weight excluding hydrogens is 425 g/mol. The summed E-state index contributed by atoms with van der Waals surface area (Å²) in [4.78, 5) is 30.2. The number of rotatable bonds is 7. The Bertz CT molecular complexity index is 1070. The minimum atomic E-state index is -0.680. The number of ether oxygens (including phenoxy) is 1. The molecule has 9 nitrogen and oxygen atoms in total. The third-order valence-corrected chi connectivity index (χ3v) is 5.27. The van der Waals surface area contributed by atoms with Gasteiger partial charge in [0, 0.05) is 49.5 Å². The highest BCUT2D eigenvalue weighted by molar-refractivity contribution is 6.31. The van der Waals surface area contributed by atoms with Gasteiger partial charge in [-0.3, -0.25) is 9.69 Å². The van der Waals surface area contributed by atoms with Crippen LogP contribution in [0.2, 0.25) is 5.02 Å². The number of hydrogen-bond donors (Lipinski definition) is 3. The molecule has 1 aliphatic rings. The molecule has 4 rings (SSSR count). The summed E-state index contributed by atoms with van der Waals surface area (Å²) in [6, 6.07) is 1.06. The molecule has 3 aromatic heterocycles. The Morgan fingerprint density at radius 1 is 1.35 bits per heavy atom. The summed E-state index contributed by atoms with van der Waals surface area (Å²) in [7, 11) is 0. The van der Waals surface area contributed by atoms with Gasteiger partial charge in [-0.2, -0.15) is 0 Å². The third-order valence-electron chi connectivity index (χ3n) is 5.06. The Kier molecular flexibility index (Phi) is 6.59. The summed E-state index contributed by atoms with van der Waals surface area (Å²) >= 11 is 6.04. The van der Waals surface area contributed by atoms with Crippen molar-refractivity contribution in [1.29, 1.82) is 0 Å². The zero-order valence-electron chi connectivity index (χ0n) is 17.0. The number of morpholine rings is 1. The minimum absolute atomic E-state index is 0.0508. The number of nitrogens with zero attached hydrogens (tertiary/aromatic N) is 4. The van der Waals surface area contributed by atoms with Crippen molar-refractivity contribution in [2.45, 2.75) is 13.0 Å². The zero-order chi connectivity index (χ0) is 21.8. The SMILES string of the molecule is C[C@H](Nc1nc(-c2c[nH]c3ncc(Cl)cc23)ncc1F)C(=O)NCCN1CCOCC1. The molecule has 11 heteroatoms. The Balaban J connectivity index is 1.42. The molecule has 3 N–H and O–H groups in total. The Hall–Kier alpha value is -2.82. The number of pyridine rings is 1. The van der Waals surface area contributed by atoms with Crippen LogP contribution in [0, 0.1) is 5.82 Å². The molecule has 0 saturated carbocycles. The largest absolute Gasteiger partial charge is 0.379 e. The predicted octanol–water partition coefficient (Wildman–Crippen LogP) is 2.06. The van der Waals surface area contributed by atoms with Crippen molar-refractivity contribution in [3.05, 3.63) is 35.5 Å². The lowest BCUT2D eigenvalue weighted by Gasteiger charge is -2.26. The van der Waals surface area contributed by atoms with E-state index in [2.05, 4.69) is 35.5 Å². The first-order valence-corrected chi connectivity index (χ1v) is 10.4. The van der Waals surface area contributed by atoms with Crippen molar-refractivity contribution in [3.8, 4) is 11.4 Å². The number of hydrogen-bond acceptors (Lipinski definition) is 7. The van der Waals surface area contributed by atoms with Crippen LogP contribution < -0.4 is 10.6 Å². The number of anilines is 1. The van der Waals surface area contributed by atoms with Gasteiger partial charge in [0.05, 0.1) is 24.4 Å². The summed E-state index contributed by atoms with van der Waals surface area (Å²) in [5.74, 6) is -0.645. The summed E-state index contributed by atoms with van der Waals surface area (Å²) in [6.45, 7) is 6.03. The van der Waals surface area contributed by atoms with Crippen LogP contribution in [-0.2, 0) is 9.53 Å². The van der Waals surface area contributed by atoms with E-state index in [1.54, 1.807) is 19.2 Å². The lowest BCUT2D eigenvalue weighted by Crippen LogP contribution is -2.44. The number of fused-ring (bicyclic) bond motifs is 1. The topological polar surface area (TPSA) is 108 Å². The van der Waals surface area contributed by atoms with Gasteiger partial charge in [0.2, 0.25) is 5.91 Å². The van der Waals surface area contributed by atoms with Crippen LogP contribution in [0.4, 0.5) is 10.2 Å². The van der Waals surface area contributed by atoms with Gasteiger partial charge < -0.3 is 20.4 Å². The Morgan fingerprint density at radius 3 is 2.97 bits per heavy atom. The third kappa shape index (κ3) is 5.09. The van der Waals surface area contributed by atoms with Crippen LogP contribution in [0.3, 0.4) is 0 Å². The van der Waals surface area contributed by atoms with Crippen LogP contribution in [0.5, 0.6) is 0 Å². The molecule has 4 heterocycles. The van der Waals surface area contributed by atoms with E-state index in [1.165, 1.54) is 6.20 Å². The van der Waals surface area contributed by atoms with Gasteiger partial charge in [-0.15, -0.1) is 0 Å². The lowest BCUT2D eigenvalue weighted by atomic mass is 10.2. The van der Waals surface area contributed by atoms with Crippen molar-refractivity contribution < 1.29 is 13.9 Å². The van der Waals surface area contributed by atoms with Crippen molar-refractivity contribution >= 4 is 34.4 Å². The van der Waals surface area contributed by atoms with Crippen LogP contribution in [0.15, 0.2) is 24.7 Å². The zero-order valence-corrected chi connectivity index (χ0v) is 17.7. The number of aromatic nitrogens is 4. The Morgan fingerprint density at radius 2 is 2.16 bits per heavy atom. The van der Waals surface area contributed by atoms with E-state index in [0.29, 0.717) is 41.8 Å². The number of nitrogens with one attached hydrogen (secondary N) is 3. The molecule has 1 aliphatic heterocycles. The predicted molar refractivity (Wildman–Crippen MR) is 115 cm³/mol. The van der Waals surface area contributed by atoms with Gasteiger partial charge in [0.25, 0.3) is 0 Å². The summed E-state index contributed by atoms with van der Waals surface area (Å²) in [5, 5.41) is 6.89. The summed E-state index contributed by atoms with van der Waals surface area (Å²) < 4.78 is 19.6. The number of carbonyl (C=O) groups excluding carboxylic acids is 1. The maximum absolute atomic E-state index is 14.3. The average molecular weight is 448 g/mol. The molecule has 1 atom stereocenters. The average Bonchev–Trinajstić information content (AvgIpc) is 3.19. The van der Waals surface area contributed by atoms with Gasteiger partial charge >= 0.3 is 0 Å². The molecule has 3 aromatic rings. The number of amides is 1. The van der Waals surface area contributed by atoms with E-state index in [4.69, 9.17) is 16.3 Å². The smallest absolute Gasteiger partial charge is 0.242 e. The van der Waals surface area contributed by atoms with E-state index in [9.17, 15) is 9.18 Å². The Labute approximate surface area is 183 Å². The first-order chi connectivity index (χ1) is 15.0. The van der Waals surface area contributed by atoms with Gasteiger partial charge in [0.1, 0.15) is 11.7 Å². The fraction of sp³-hybridized carbons (Fsp3) is 0.400. The van der Waals surface area contributed by atoms with E-state index in [-0.39, 0.29) is 11.7 Å². The van der Waals surface area contributed by atoms with E-state index in [0.717, 1.165) is 31.2 Å². The molecule has 0 radical (unpaired) electrons. The quantitative estimate of drug-likeness (QED) is 0.508. The van der Waals surface area contributed by atoms with Crippen molar-refractivity contribution in [1.82, 2.24) is 30.2 Å². The van der Waals surface area contributed by atoms with Crippen LogP contribution in [-0.4, -0.2) is 76.2 Å². The van der Waals surface area contributed by atoms with Crippen molar-refractivity contribution in [2.24, 2.45) is 0 Å². The maximum Gasteiger partial charge on any atom is 0.242 e. The van der Waals surface area contributed by atoms with Crippen molar-refractivity contribution in [2.75, 3.05) is 44.7 Å².